The van der Waals surface area contributed by atoms with E-state index in [9.17, 15) is 4.79 Å². The number of benzene rings is 1. The molecule has 0 unspecified atom stereocenters. The highest BCUT2D eigenvalue weighted by Gasteiger charge is 2.21. The molecule has 0 radical (unpaired) electrons. The zero-order chi connectivity index (χ0) is 17.1. The lowest BCUT2D eigenvalue weighted by atomic mass is 10.1. The van der Waals surface area contributed by atoms with Crippen molar-refractivity contribution >= 4 is 12.2 Å². The first-order chi connectivity index (χ1) is 11.6. The Morgan fingerprint density at radius 1 is 1.50 bits per heavy atom. The number of rotatable bonds is 5. The van der Waals surface area contributed by atoms with Crippen LogP contribution >= 0.6 is 0 Å². The molecule has 8 nitrogen and oxygen atoms in total. The van der Waals surface area contributed by atoms with Crippen LogP contribution < -0.4 is 20.5 Å². The van der Waals surface area contributed by atoms with Gasteiger partial charge in [0.05, 0.1) is 12.8 Å². The third-order valence-electron chi connectivity index (χ3n) is 3.56. The van der Waals surface area contributed by atoms with E-state index in [0.29, 0.717) is 12.3 Å². The predicted molar refractivity (Wildman–Crippen MR) is 90.0 cm³/mol. The van der Waals surface area contributed by atoms with Gasteiger partial charge in [0, 0.05) is 17.5 Å². The van der Waals surface area contributed by atoms with Crippen molar-refractivity contribution in [3.05, 3.63) is 39.3 Å². The molecule has 2 aromatic rings. The Balaban J connectivity index is 1.81. The van der Waals surface area contributed by atoms with E-state index in [2.05, 4.69) is 25.7 Å². The van der Waals surface area contributed by atoms with Crippen LogP contribution in [-0.4, -0.2) is 34.1 Å². The van der Waals surface area contributed by atoms with Gasteiger partial charge in [-0.3, -0.25) is 9.78 Å². The number of aromatic nitrogens is 3. The molecule has 1 aliphatic rings. The second-order valence-corrected chi connectivity index (χ2v) is 5.52. The third-order valence-corrected chi connectivity index (χ3v) is 3.56. The Labute approximate surface area is 138 Å². The summed E-state index contributed by atoms with van der Waals surface area (Å²) in [6.45, 7) is 6.10. The summed E-state index contributed by atoms with van der Waals surface area (Å²) in [4.78, 5) is 14.0. The first-order valence-corrected chi connectivity index (χ1v) is 7.76. The lowest BCUT2D eigenvalue weighted by molar-refractivity contribution is 0.254. The van der Waals surface area contributed by atoms with E-state index < -0.39 is 0 Å². The number of hydrogen-bond donors (Lipinski definition) is 2. The number of H-pyrrole nitrogens is 1. The zero-order valence-electron chi connectivity index (χ0n) is 13.8. The molecule has 1 atom stereocenters. The minimum Gasteiger partial charge on any atom is -0.493 e. The van der Waals surface area contributed by atoms with Crippen molar-refractivity contribution in [2.75, 3.05) is 12.0 Å². The van der Waals surface area contributed by atoms with Crippen LogP contribution in [0.25, 0.3) is 0 Å². The molecule has 1 aromatic heterocycles. The number of ether oxygens (including phenoxy) is 2. The van der Waals surface area contributed by atoms with Crippen LogP contribution in [0.5, 0.6) is 11.5 Å². The van der Waals surface area contributed by atoms with E-state index in [4.69, 9.17) is 9.47 Å². The van der Waals surface area contributed by atoms with Gasteiger partial charge in [-0.1, -0.05) is 0 Å². The molecule has 8 heteroatoms. The molecule has 0 aliphatic carbocycles. The van der Waals surface area contributed by atoms with E-state index in [1.165, 1.54) is 0 Å². The molecule has 0 saturated heterocycles. The Kier molecular flexibility index (Phi) is 4.45. The smallest absolute Gasteiger partial charge is 0.274 e. The standard InChI is InChI=1S/C16H19N5O3/c1-4-23-13-6-11-5-9(2)24-14(11)7-12(13)8-17-20-16-18-15(22)10(3)19-21-16/h6-9H,4-5H2,1-3H3,(H2,18,20,21,22)/b17-8-/t9-/m1/s1. The number of nitrogens with one attached hydrogen (secondary N) is 2. The number of anilines is 1. The normalized spacial score (nSPS) is 16.0. The van der Waals surface area contributed by atoms with Crippen LogP contribution in [0.4, 0.5) is 5.95 Å². The molecule has 24 heavy (non-hydrogen) atoms. The van der Waals surface area contributed by atoms with Crippen LogP contribution in [0.1, 0.15) is 30.7 Å². The van der Waals surface area contributed by atoms with Gasteiger partial charge in [-0.25, -0.2) is 5.43 Å². The maximum atomic E-state index is 11.5. The monoisotopic (exact) mass is 329 g/mol. The summed E-state index contributed by atoms with van der Waals surface area (Å²) in [7, 11) is 0. The average molecular weight is 329 g/mol. The highest BCUT2D eigenvalue weighted by molar-refractivity contribution is 5.85. The minimum absolute atomic E-state index is 0.160. The molecule has 126 valence electrons. The van der Waals surface area contributed by atoms with Gasteiger partial charge in [-0.05, 0) is 32.9 Å². The SMILES string of the molecule is CCOc1cc2c(cc1/C=N\Nc1nnc(C)c(=O)[nH]1)O[C@H](C)C2. The second-order valence-electron chi connectivity index (χ2n) is 5.52. The van der Waals surface area contributed by atoms with E-state index in [1.54, 1.807) is 13.1 Å². The largest absolute Gasteiger partial charge is 0.493 e. The summed E-state index contributed by atoms with van der Waals surface area (Å²) < 4.78 is 11.4. The van der Waals surface area contributed by atoms with Gasteiger partial charge in [0.1, 0.15) is 23.3 Å². The van der Waals surface area contributed by atoms with E-state index in [0.717, 1.165) is 29.0 Å². The molecule has 0 amide bonds. The van der Waals surface area contributed by atoms with Crippen LogP contribution in [0.2, 0.25) is 0 Å². The summed E-state index contributed by atoms with van der Waals surface area (Å²) in [6.07, 6.45) is 2.62. The van der Waals surface area contributed by atoms with Gasteiger partial charge in [0.25, 0.3) is 5.56 Å². The molecule has 3 rings (SSSR count). The lowest BCUT2D eigenvalue weighted by Crippen LogP contribution is -2.15. The summed E-state index contributed by atoms with van der Waals surface area (Å²) >= 11 is 0. The molecular formula is C16H19N5O3. The Hall–Kier alpha value is -2.90. The fourth-order valence-electron chi connectivity index (χ4n) is 2.44. The number of fused-ring (bicyclic) bond motifs is 1. The molecule has 1 aromatic carbocycles. The molecule has 2 heterocycles. The molecule has 1 aliphatic heterocycles. The molecule has 0 saturated carbocycles. The predicted octanol–water partition coefficient (Wildman–Crippen LogP) is 1.64. The molecule has 2 N–H and O–H groups in total. The highest BCUT2D eigenvalue weighted by Crippen LogP contribution is 2.34. The van der Waals surface area contributed by atoms with Crippen LogP contribution in [0.15, 0.2) is 22.0 Å². The fourth-order valence-corrected chi connectivity index (χ4v) is 2.44. The van der Waals surface area contributed by atoms with Crippen molar-refractivity contribution in [2.24, 2.45) is 5.10 Å². The topological polar surface area (TPSA) is 101 Å². The summed E-state index contributed by atoms with van der Waals surface area (Å²) in [5, 5.41) is 11.6. The van der Waals surface area contributed by atoms with Gasteiger partial charge < -0.3 is 9.47 Å². The summed E-state index contributed by atoms with van der Waals surface area (Å²) in [5.41, 5.74) is 4.55. The fraction of sp³-hybridized carbons (Fsp3) is 0.375. The Morgan fingerprint density at radius 2 is 2.33 bits per heavy atom. The van der Waals surface area contributed by atoms with Crippen LogP contribution in [0, 0.1) is 6.92 Å². The van der Waals surface area contributed by atoms with Crippen molar-refractivity contribution in [2.45, 2.75) is 33.3 Å². The average Bonchev–Trinajstić information content (AvgIpc) is 2.90. The minimum atomic E-state index is -0.308. The first kappa shape index (κ1) is 16.0. The van der Waals surface area contributed by atoms with Crippen molar-refractivity contribution in [3.63, 3.8) is 0 Å². The highest BCUT2D eigenvalue weighted by atomic mass is 16.5. The maximum absolute atomic E-state index is 11.5. The molecule has 0 spiro atoms. The lowest BCUT2D eigenvalue weighted by Gasteiger charge is -2.09. The van der Waals surface area contributed by atoms with Gasteiger partial charge >= 0.3 is 0 Å². The van der Waals surface area contributed by atoms with Crippen molar-refractivity contribution in [1.82, 2.24) is 15.2 Å². The van der Waals surface area contributed by atoms with E-state index in [-0.39, 0.29) is 17.6 Å². The van der Waals surface area contributed by atoms with Gasteiger partial charge in [0.2, 0.25) is 5.95 Å². The number of aryl methyl sites for hydroxylation is 1. The van der Waals surface area contributed by atoms with Crippen LogP contribution in [-0.2, 0) is 6.42 Å². The number of nitrogens with zero attached hydrogens (tertiary/aromatic N) is 3. The van der Waals surface area contributed by atoms with Crippen molar-refractivity contribution in [3.8, 4) is 11.5 Å². The van der Waals surface area contributed by atoms with E-state index >= 15 is 0 Å². The Bertz CT molecular complexity index is 831. The first-order valence-electron chi connectivity index (χ1n) is 7.76. The maximum Gasteiger partial charge on any atom is 0.274 e. The molecular weight excluding hydrogens is 310 g/mol. The van der Waals surface area contributed by atoms with Gasteiger partial charge in [0.15, 0.2) is 0 Å². The van der Waals surface area contributed by atoms with Crippen molar-refractivity contribution in [1.29, 1.82) is 0 Å². The van der Waals surface area contributed by atoms with Gasteiger partial charge in [-0.2, -0.15) is 5.10 Å². The van der Waals surface area contributed by atoms with Crippen molar-refractivity contribution < 1.29 is 9.47 Å². The zero-order valence-corrected chi connectivity index (χ0v) is 13.8. The third kappa shape index (κ3) is 3.37. The van der Waals surface area contributed by atoms with Gasteiger partial charge in [-0.15, -0.1) is 10.2 Å². The van der Waals surface area contributed by atoms with Crippen LogP contribution in [0.3, 0.4) is 0 Å². The number of hydrogen-bond acceptors (Lipinski definition) is 7. The molecule has 0 fully saturated rings. The number of aromatic amines is 1. The Morgan fingerprint density at radius 3 is 3.08 bits per heavy atom. The van der Waals surface area contributed by atoms with E-state index in [1.807, 2.05) is 26.0 Å². The number of hydrazone groups is 1. The second kappa shape index (κ2) is 6.69. The summed E-state index contributed by atoms with van der Waals surface area (Å²) in [5.74, 6) is 1.75. The summed E-state index contributed by atoms with van der Waals surface area (Å²) in [6, 6.07) is 3.88. The quantitative estimate of drug-likeness (QED) is 0.639. The molecule has 0 bridgehead atoms.